The zero-order valence-electron chi connectivity index (χ0n) is 7.79. The summed E-state index contributed by atoms with van der Waals surface area (Å²) in [5, 5.41) is -0.164. The van der Waals surface area contributed by atoms with E-state index in [-0.39, 0.29) is 5.16 Å². The molecule has 0 atom stereocenters. The van der Waals surface area contributed by atoms with Crippen LogP contribution < -0.4 is 0 Å². The van der Waals surface area contributed by atoms with Crippen molar-refractivity contribution in [3.63, 3.8) is 0 Å². The first-order chi connectivity index (χ1) is 6.72. The highest BCUT2D eigenvalue weighted by atomic mass is 35.7. The Morgan fingerprint density at radius 1 is 1.33 bits per heavy atom. The first-order valence-corrected chi connectivity index (χ1v) is 7.98. The van der Waals surface area contributed by atoms with Crippen molar-refractivity contribution < 1.29 is 16.8 Å². The van der Waals surface area contributed by atoms with E-state index in [0.717, 1.165) is 0 Å². The molecule has 0 N–H and O–H groups in total. The lowest BCUT2D eigenvalue weighted by Gasteiger charge is -2.02. The van der Waals surface area contributed by atoms with Crippen LogP contribution in [-0.4, -0.2) is 37.9 Å². The fraction of sp³-hybridized carbons (Fsp3) is 0.500. The second kappa shape index (κ2) is 4.11. The van der Waals surface area contributed by atoms with Crippen molar-refractivity contribution in [1.82, 2.24) is 9.55 Å². The lowest BCUT2D eigenvalue weighted by Crippen LogP contribution is -2.17. The fourth-order valence-electron chi connectivity index (χ4n) is 0.952. The molecule has 0 saturated heterocycles. The maximum atomic E-state index is 11.6. The SMILES string of the molecule is Cn1ccnc1S(=O)(=O)CCS(=O)(=O)Cl. The quantitative estimate of drug-likeness (QED) is 0.706. The van der Waals surface area contributed by atoms with E-state index in [2.05, 4.69) is 4.98 Å². The van der Waals surface area contributed by atoms with Crippen molar-refractivity contribution in [2.45, 2.75) is 5.16 Å². The summed E-state index contributed by atoms with van der Waals surface area (Å²) in [7, 11) is -1.07. The summed E-state index contributed by atoms with van der Waals surface area (Å²) in [6, 6.07) is 0. The number of halogens is 1. The lowest BCUT2D eigenvalue weighted by atomic mass is 10.9. The number of hydrogen-bond acceptors (Lipinski definition) is 5. The number of sulfone groups is 1. The van der Waals surface area contributed by atoms with Gasteiger partial charge >= 0.3 is 0 Å². The summed E-state index contributed by atoms with van der Waals surface area (Å²) >= 11 is 0. The molecule has 0 aromatic carbocycles. The van der Waals surface area contributed by atoms with Gasteiger partial charge in [-0.05, 0) is 0 Å². The highest BCUT2D eigenvalue weighted by Crippen LogP contribution is 2.08. The van der Waals surface area contributed by atoms with E-state index in [1.54, 1.807) is 0 Å². The zero-order chi connectivity index (χ0) is 11.7. The highest BCUT2D eigenvalue weighted by Gasteiger charge is 2.21. The van der Waals surface area contributed by atoms with Gasteiger partial charge in [-0.15, -0.1) is 0 Å². The first kappa shape index (κ1) is 12.5. The Morgan fingerprint density at radius 2 is 1.93 bits per heavy atom. The maximum absolute atomic E-state index is 11.6. The van der Waals surface area contributed by atoms with Crippen LogP contribution in [0.3, 0.4) is 0 Å². The van der Waals surface area contributed by atoms with E-state index < -0.39 is 30.4 Å². The topological polar surface area (TPSA) is 86.1 Å². The molecule has 0 aliphatic heterocycles. The molecule has 0 spiro atoms. The normalized spacial score (nSPS) is 12.9. The average Bonchev–Trinajstić information content (AvgIpc) is 2.47. The number of hydrogen-bond donors (Lipinski definition) is 0. The van der Waals surface area contributed by atoms with Gasteiger partial charge in [-0.1, -0.05) is 0 Å². The van der Waals surface area contributed by atoms with Crippen molar-refractivity contribution >= 4 is 29.6 Å². The molecule has 1 rings (SSSR count). The molecular formula is C6H9ClN2O4S2. The molecule has 15 heavy (non-hydrogen) atoms. The van der Waals surface area contributed by atoms with Gasteiger partial charge in [0.1, 0.15) is 0 Å². The Balaban J connectivity index is 2.92. The monoisotopic (exact) mass is 272 g/mol. The summed E-state index contributed by atoms with van der Waals surface area (Å²) in [6.45, 7) is 0. The molecule has 86 valence electrons. The number of aromatic nitrogens is 2. The van der Waals surface area contributed by atoms with E-state index in [9.17, 15) is 16.8 Å². The van der Waals surface area contributed by atoms with Crippen LogP contribution in [0.15, 0.2) is 17.6 Å². The molecule has 1 heterocycles. The molecule has 0 fully saturated rings. The van der Waals surface area contributed by atoms with Crippen molar-refractivity contribution in [2.75, 3.05) is 11.5 Å². The molecule has 0 aliphatic carbocycles. The fourth-order valence-corrected chi connectivity index (χ4v) is 4.10. The van der Waals surface area contributed by atoms with Crippen LogP contribution in [0.2, 0.25) is 0 Å². The molecule has 1 aromatic rings. The molecule has 9 heteroatoms. The predicted octanol–water partition coefficient (Wildman–Crippen LogP) is -0.238. The van der Waals surface area contributed by atoms with Crippen LogP contribution in [0.25, 0.3) is 0 Å². The third kappa shape index (κ3) is 3.47. The van der Waals surface area contributed by atoms with Crippen LogP contribution in [0.5, 0.6) is 0 Å². The Kier molecular flexibility index (Phi) is 3.41. The van der Waals surface area contributed by atoms with Crippen LogP contribution in [0, 0.1) is 0 Å². The van der Waals surface area contributed by atoms with Gasteiger partial charge in [0.15, 0.2) is 0 Å². The zero-order valence-corrected chi connectivity index (χ0v) is 10.2. The van der Waals surface area contributed by atoms with E-state index >= 15 is 0 Å². The van der Waals surface area contributed by atoms with Gasteiger partial charge in [-0.25, -0.2) is 21.8 Å². The van der Waals surface area contributed by atoms with E-state index in [4.69, 9.17) is 10.7 Å². The Bertz CT molecular complexity index is 545. The van der Waals surface area contributed by atoms with Crippen molar-refractivity contribution in [1.29, 1.82) is 0 Å². The average molecular weight is 273 g/mol. The minimum absolute atomic E-state index is 0.164. The van der Waals surface area contributed by atoms with Crippen molar-refractivity contribution in [2.24, 2.45) is 7.05 Å². The number of imidazole rings is 1. The molecule has 1 aromatic heterocycles. The second-order valence-electron chi connectivity index (χ2n) is 2.88. The van der Waals surface area contributed by atoms with Gasteiger partial charge in [0.2, 0.25) is 24.0 Å². The van der Waals surface area contributed by atoms with Crippen LogP contribution in [0.4, 0.5) is 0 Å². The minimum atomic E-state index is -3.81. The summed E-state index contributed by atoms with van der Waals surface area (Å²) < 4.78 is 45.6. The van der Waals surface area contributed by atoms with E-state index in [1.807, 2.05) is 0 Å². The summed E-state index contributed by atoms with van der Waals surface area (Å²) in [5.41, 5.74) is 0. The predicted molar refractivity (Wildman–Crippen MR) is 54.9 cm³/mol. The van der Waals surface area contributed by atoms with Crippen molar-refractivity contribution in [3.05, 3.63) is 12.4 Å². The highest BCUT2D eigenvalue weighted by molar-refractivity contribution is 8.14. The molecule has 0 amide bonds. The number of rotatable bonds is 4. The largest absolute Gasteiger partial charge is 0.325 e. The van der Waals surface area contributed by atoms with Gasteiger partial charge < -0.3 is 4.57 Å². The Morgan fingerprint density at radius 3 is 2.33 bits per heavy atom. The van der Waals surface area contributed by atoms with Crippen LogP contribution >= 0.6 is 10.7 Å². The smallest absolute Gasteiger partial charge is 0.233 e. The molecular weight excluding hydrogens is 264 g/mol. The summed E-state index contributed by atoms with van der Waals surface area (Å²) in [6.07, 6.45) is 2.78. The van der Waals surface area contributed by atoms with E-state index in [0.29, 0.717) is 0 Å². The van der Waals surface area contributed by atoms with Crippen molar-refractivity contribution in [3.8, 4) is 0 Å². The standard InChI is InChI=1S/C6H9ClN2O4S2/c1-9-3-2-8-6(9)14(10,11)4-5-15(7,12)13/h2-3H,4-5H2,1H3. The molecule has 0 saturated carbocycles. The first-order valence-electron chi connectivity index (χ1n) is 3.85. The third-order valence-corrected chi connectivity index (χ3v) is 4.76. The molecule has 0 aliphatic rings. The molecule has 6 nitrogen and oxygen atoms in total. The number of nitrogens with zero attached hydrogens (tertiary/aromatic N) is 2. The minimum Gasteiger partial charge on any atom is -0.325 e. The molecule has 0 unspecified atom stereocenters. The van der Waals surface area contributed by atoms with Gasteiger partial charge in [-0.2, -0.15) is 0 Å². The Hall–Kier alpha value is -0.600. The van der Waals surface area contributed by atoms with Gasteiger partial charge in [0.25, 0.3) is 0 Å². The van der Waals surface area contributed by atoms with Crippen LogP contribution in [0.1, 0.15) is 0 Å². The molecule has 0 bridgehead atoms. The lowest BCUT2D eigenvalue weighted by molar-refractivity contribution is 0.578. The second-order valence-corrected chi connectivity index (χ2v) is 7.78. The third-order valence-electron chi connectivity index (χ3n) is 1.65. The Labute approximate surface area is 92.2 Å². The van der Waals surface area contributed by atoms with E-state index in [1.165, 1.54) is 24.0 Å². The summed E-state index contributed by atoms with van der Waals surface area (Å²) in [4.78, 5) is 3.63. The van der Waals surface area contributed by atoms with Crippen LogP contribution in [-0.2, 0) is 25.9 Å². The maximum Gasteiger partial charge on any atom is 0.233 e. The van der Waals surface area contributed by atoms with Gasteiger partial charge in [0.05, 0.1) is 11.5 Å². The van der Waals surface area contributed by atoms with Gasteiger partial charge in [-0.3, -0.25) is 0 Å². The molecule has 0 radical (unpaired) electrons. The van der Waals surface area contributed by atoms with Gasteiger partial charge in [0, 0.05) is 30.1 Å². The summed E-state index contributed by atoms with van der Waals surface area (Å²) in [5.74, 6) is -1.19. The number of aryl methyl sites for hydroxylation is 1.